The highest BCUT2D eigenvalue weighted by atomic mass is 32.2. The van der Waals surface area contributed by atoms with Crippen molar-refractivity contribution in [1.82, 2.24) is 9.55 Å². The van der Waals surface area contributed by atoms with E-state index in [0.29, 0.717) is 39.2 Å². The molecule has 2 heterocycles. The minimum Gasteiger partial charge on any atom is -0.423 e. The molecule has 0 spiro atoms. The quantitative estimate of drug-likeness (QED) is 0.124. The van der Waals surface area contributed by atoms with Gasteiger partial charge in [-0.05, 0) is 83.8 Å². The van der Waals surface area contributed by atoms with Gasteiger partial charge in [0.1, 0.15) is 5.58 Å². The van der Waals surface area contributed by atoms with Crippen molar-refractivity contribution in [2.45, 2.75) is 63.8 Å². The maximum absolute atomic E-state index is 13.7. The van der Waals surface area contributed by atoms with Crippen LogP contribution in [0.5, 0.6) is 0 Å². The Morgan fingerprint density at radius 2 is 1.68 bits per heavy atom. The topological polar surface area (TPSA) is 65.1 Å². The van der Waals surface area contributed by atoms with Gasteiger partial charge in [-0.2, -0.15) is 0 Å². The molecule has 2 aromatic heterocycles. The molecule has 0 N–H and O–H groups in total. The van der Waals surface area contributed by atoms with E-state index in [0.717, 1.165) is 28.6 Å². The first-order chi connectivity index (χ1) is 18.3. The second kappa shape index (κ2) is 10.6. The number of fused-ring (bicyclic) bond motifs is 2. The highest BCUT2D eigenvalue weighted by Crippen LogP contribution is 2.31. The molecular formula is C32H32N2O3S. The molecule has 194 valence electrons. The maximum Gasteiger partial charge on any atom is 0.336 e. The number of benzene rings is 3. The summed E-state index contributed by atoms with van der Waals surface area (Å²) < 4.78 is 7.23. The minimum absolute atomic E-state index is 0.107. The summed E-state index contributed by atoms with van der Waals surface area (Å²) in [4.78, 5) is 31.0. The molecule has 0 amide bonds. The molecule has 0 radical (unpaired) electrons. The monoisotopic (exact) mass is 524 g/mol. The highest BCUT2D eigenvalue weighted by Gasteiger charge is 2.16. The van der Waals surface area contributed by atoms with Crippen LogP contribution in [0.25, 0.3) is 27.6 Å². The standard InChI is InChI=1S/C32H32N2O3S/c1-6-20(4)22-11-13-24(14-12-22)34-31(36)25-9-7-8-10-28(25)33-32(34)38-18-23-16-30(35)37-29-15-21(5)26(19(2)3)17-27(23)29/h7-17,19-20H,6,18H2,1-5H3/t20-/m1/s1. The Bertz CT molecular complexity index is 1750. The van der Waals surface area contributed by atoms with E-state index in [1.807, 2.05) is 49.4 Å². The molecule has 6 heteroatoms. The normalized spacial score (nSPS) is 12.5. The first kappa shape index (κ1) is 26.0. The van der Waals surface area contributed by atoms with E-state index in [1.54, 1.807) is 10.6 Å². The summed E-state index contributed by atoms with van der Waals surface area (Å²) in [6, 6.07) is 21.2. The lowest BCUT2D eigenvalue weighted by Crippen LogP contribution is -2.21. The van der Waals surface area contributed by atoms with Crippen molar-refractivity contribution < 1.29 is 4.42 Å². The van der Waals surface area contributed by atoms with Crippen LogP contribution in [-0.2, 0) is 5.75 Å². The molecule has 0 aliphatic rings. The third-order valence-corrected chi connectivity index (χ3v) is 8.26. The van der Waals surface area contributed by atoms with Gasteiger partial charge in [-0.3, -0.25) is 9.36 Å². The van der Waals surface area contributed by atoms with E-state index >= 15 is 0 Å². The predicted octanol–water partition coefficient (Wildman–Crippen LogP) is 7.73. The number of aromatic nitrogens is 2. The van der Waals surface area contributed by atoms with Gasteiger partial charge in [0.05, 0.1) is 16.6 Å². The lowest BCUT2D eigenvalue weighted by atomic mass is 9.95. The number of hydrogen-bond donors (Lipinski definition) is 0. The van der Waals surface area contributed by atoms with Crippen LogP contribution in [0.4, 0.5) is 0 Å². The summed E-state index contributed by atoms with van der Waals surface area (Å²) in [5.74, 6) is 1.26. The Labute approximate surface area is 226 Å². The summed E-state index contributed by atoms with van der Waals surface area (Å²) in [6.45, 7) is 10.7. The number of nitrogens with zero attached hydrogens (tertiary/aromatic N) is 2. The molecule has 5 aromatic rings. The van der Waals surface area contributed by atoms with Crippen LogP contribution in [0.2, 0.25) is 0 Å². The van der Waals surface area contributed by atoms with Crippen LogP contribution in [0.1, 0.15) is 68.2 Å². The van der Waals surface area contributed by atoms with Gasteiger partial charge in [0, 0.05) is 17.2 Å². The molecule has 0 fully saturated rings. The van der Waals surface area contributed by atoms with Crippen LogP contribution < -0.4 is 11.2 Å². The molecule has 0 bridgehead atoms. The molecule has 1 atom stereocenters. The lowest BCUT2D eigenvalue weighted by Gasteiger charge is -2.16. The maximum atomic E-state index is 13.7. The van der Waals surface area contributed by atoms with Crippen molar-refractivity contribution in [2.24, 2.45) is 0 Å². The molecular weight excluding hydrogens is 492 g/mol. The molecule has 3 aromatic carbocycles. The zero-order valence-electron chi connectivity index (χ0n) is 22.4. The SMILES string of the molecule is CC[C@@H](C)c1ccc(-n2c(SCc3cc(=O)oc4cc(C)c(C(C)C)cc34)nc3ccccc3c2=O)cc1. The summed E-state index contributed by atoms with van der Waals surface area (Å²) in [5, 5.41) is 2.08. The molecule has 5 rings (SSSR count). The van der Waals surface area contributed by atoms with Gasteiger partial charge >= 0.3 is 5.63 Å². The molecule has 0 aliphatic carbocycles. The summed E-state index contributed by atoms with van der Waals surface area (Å²) in [6.07, 6.45) is 1.05. The van der Waals surface area contributed by atoms with E-state index in [2.05, 4.69) is 45.9 Å². The first-order valence-electron chi connectivity index (χ1n) is 13.1. The molecule has 0 aliphatic heterocycles. The van der Waals surface area contributed by atoms with E-state index in [4.69, 9.17) is 9.40 Å². The minimum atomic E-state index is -0.380. The Kier molecular flexibility index (Phi) is 7.26. The molecule has 5 nitrogen and oxygen atoms in total. The van der Waals surface area contributed by atoms with E-state index in [9.17, 15) is 9.59 Å². The fourth-order valence-corrected chi connectivity index (χ4v) is 5.90. The van der Waals surface area contributed by atoms with Crippen LogP contribution >= 0.6 is 11.8 Å². The van der Waals surface area contributed by atoms with Crippen molar-refractivity contribution in [1.29, 1.82) is 0 Å². The fraction of sp³-hybridized carbons (Fsp3) is 0.281. The molecule has 0 unspecified atom stereocenters. The van der Waals surface area contributed by atoms with Gasteiger partial charge in [0.2, 0.25) is 0 Å². The van der Waals surface area contributed by atoms with Gasteiger partial charge in [-0.25, -0.2) is 9.78 Å². The Morgan fingerprint density at radius 1 is 0.947 bits per heavy atom. The average Bonchev–Trinajstić information content (AvgIpc) is 2.91. The average molecular weight is 525 g/mol. The smallest absolute Gasteiger partial charge is 0.336 e. The Morgan fingerprint density at radius 3 is 2.39 bits per heavy atom. The van der Waals surface area contributed by atoms with Crippen LogP contribution in [0, 0.1) is 6.92 Å². The summed E-state index contributed by atoms with van der Waals surface area (Å²) >= 11 is 1.45. The molecule has 0 saturated carbocycles. The fourth-order valence-electron chi connectivity index (χ4n) is 4.90. The zero-order valence-corrected chi connectivity index (χ0v) is 23.3. The Hall–Kier alpha value is -3.64. The van der Waals surface area contributed by atoms with Gasteiger partial charge < -0.3 is 4.42 Å². The van der Waals surface area contributed by atoms with Crippen molar-refractivity contribution in [3.05, 3.63) is 110 Å². The van der Waals surface area contributed by atoms with Gasteiger partial charge in [-0.1, -0.05) is 63.7 Å². The largest absolute Gasteiger partial charge is 0.423 e. The number of aryl methyl sites for hydroxylation is 1. The highest BCUT2D eigenvalue weighted by molar-refractivity contribution is 7.98. The first-order valence-corrected chi connectivity index (χ1v) is 14.1. The summed E-state index contributed by atoms with van der Waals surface area (Å²) in [5.41, 5.74) is 5.96. The predicted molar refractivity (Wildman–Crippen MR) is 157 cm³/mol. The third-order valence-electron chi connectivity index (χ3n) is 7.27. The summed E-state index contributed by atoms with van der Waals surface area (Å²) in [7, 11) is 0. The van der Waals surface area contributed by atoms with Crippen molar-refractivity contribution in [2.75, 3.05) is 0 Å². The molecule has 0 saturated heterocycles. The third kappa shape index (κ3) is 4.93. The zero-order chi connectivity index (χ0) is 27.0. The van der Waals surface area contributed by atoms with Crippen LogP contribution in [0.15, 0.2) is 85.9 Å². The van der Waals surface area contributed by atoms with Gasteiger partial charge in [0.15, 0.2) is 5.16 Å². The number of rotatable bonds is 7. The van der Waals surface area contributed by atoms with E-state index in [-0.39, 0.29) is 11.2 Å². The number of hydrogen-bond acceptors (Lipinski definition) is 5. The van der Waals surface area contributed by atoms with Crippen molar-refractivity contribution >= 4 is 33.6 Å². The van der Waals surface area contributed by atoms with Crippen LogP contribution in [0.3, 0.4) is 0 Å². The van der Waals surface area contributed by atoms with E-state index < -0.39 is 0 Å². The van der Waals surface area contributed by atoms with Crippen molar-refractivity contribution in [3.63, 3.8) is 0 Å². The number of para-hydroxylation sites is 1. The van der Waals surface area contributed by atoms with Gasteiger partial charge in [0.25, 0.3) is 5.56 Å². The van der Waals surface area contributed by atoms with Gasteiger partial charge in [-0.15, -0.1) is 0 Å². The molecule has 38 heavy (non-hydrogen) atoms. The lowest BCUT2D eigenvalue weighted by molar-refractivity contribution is 0.559. The van der Waals surface area contributed by atoms with Crippen molar-refractivity contribution in [3.8, 4) is 5.69 Å². The Balaban J connectivity index is 1.62. The second-order valence-electron chi connectivity index (χ2n) is 10.2. The van der Waals surface area contributed by atoms with Crippen LogP contribution in [-0.4, -0.2) is 9.55 Å². The number of thioether (sulfide) groups is 1. The van der Waals surface area contributed by atoms with E-state index in [1.165, 1.54) is 22.9 Å². The second-order valence-corrected chi connectivity index (χ2v) is 11.1.